The van der Waals surface area contributed by atoms with Crippen molar-refractivity contribution in [2.75, 3.05) is 13.6 Å². The SMILES string of the molecule is CC(OC(=O)CN(C)S(=O)(=O)c1ccccc1)c1ccc(Cl)cc1. The average Bonchev–Trinajstić information content (AvgIpc) is 2.56. The van der Waals surface area contributed by atoms with Crippen LogP contribution in [0.5, 0.6) is 0 Å². The summed E-state index contributed by atoms with van der Waals surface area (Å²) in [5.41, 5.74) is 0.779. The Hall–Kier alpha value is -1.89. The Morgan fingerprint density at radius 1 is 1.12 bits per heavy atom. The van der Waals surface area contributed by atoms with E-state index in [1.54, 1.807) is 49.4 Å². The zero-order chi connectivity index (χ0) is 17.7. The highest BCUT2D eigenvalue weighted by Crippen LogP contribution is 2.20. The van der Waals surface area contributed by atoms with E-state index in [0.29, 0.717) is 5.02 Å². The van der Waals surface area contributed by atoms with Crippen LogP contribution >= 0.6 is 11.6 Å². The van der Waals surface area contributed by atoms with Crippen molar-refractivity contribution in [1.29, 1.82) is 0 Å². The topological polar surface area (TPSA) is 63.7 Å². The van der Waals surface area contributed by atoms with Crippen LogP contribution in [-0.2, 0) is 19.6 Å². The number of hydrogen-bond acceptors (Lipinski definition) is 4. The van der Waals surface area contributed by atoms with Crippen LogP contribution in [0.2, 0.25) is 5.02 Å². The van der Waals surface area contributed by atoms with Crippen molar-refractivity contribution >= 4 is 27.6 Å². The third kappa shape index (κ3) is 4.56. The maximum absolute atomic E-state index is 12.4. The number of hydrogen-bond donors (Lipinski definition) is 0. The molecular formula is C17H18ClNO4S. The Morgan fingerprint density at radius 2 is 1.71 bits per heavy atom. The molecule has 128 valence electrons. The average molecular weight is 368 g/mol. The second kappa shape index (κ2) is 7.79. The molecule has 0 saturated carbocycles. The van der Waals surface area contributed by atoms with E-state index in [4.69, 9.17) is 16.3 Å². The molecule has 0 radical (unpaired) electrons. The summed E-state index contributed by atoms with van der Waals surface area (Å²) in [6, 6.07) is 14.8. The largest absolute Gasteiger partial charge is 0.457 e. The first kappa shape index (κ1) is 18.4. The molecule has 0 spiro atoms. The van der Waals surface area contributed by atoms with Crippen molar-refractivity contribution in [3.8, 4) is 0 Å². The lowest BCUT2D eigenvalue weighted by atomic mass is 10.1. The molecule has 2 aromatic carbocycles. The predicted octanol–water partition coefficient (Wildman–Crippen LogP) is 3.26. The Morgan fingerprint density at radius 3 is 2.29 bits per heavy atom. The molecule has 0 N–H and O–H groups in total. The lowest BCUT2D eigenvalue weighted by molar-refractivity contribution is -0.148. The molecular weight excluding hydrogens is 350 g/mol. The van der Waals surface area contributed by atoms with Gasteiger partial charge in [-0.2, -0.15) is 4.31 Å². The third-order valence-corrected chi connectivity index (χ3v) is 5.52. The molecule has 0 saturated heterocycles. The van der Waals surface area contributed by atoms with Crippen LogP contribution in [0.1, 0.15) is 18.6 Å². The molecule has 0 fully saturated rings. The summed E-state index contributed by atoms with van der Waals surface area (Å²) >= 11 is 5.82. The van der Waals surface area contributed by atoms with Gasteiger partial charge in [0, 0.05) is 12.1 Å². The summed E-state index contributed by atoms with van der Waals surface area (Å²) in [5.74, 6) is -0.626. The lowest BCUT2D eigenvalue weighted by Crippen LogP contribution is -2.33. The van der Waals surface area contributed by atoms with Crippen LogP contribution < -0.4 is 0 Å². The number of benzene rings is 2. The van der Waals surface area contributed by atoms with E-state index in [2.05, 4.69) is 0 Å². The minimum absolute atomic E-state index is 0.131. The molecule has 1 unspecified atom stereocenters. The van der Waals surface area contributed by atoms with Gasteiger partial charge < -0.3 is 4.74 Å². The summed E-state index contributed by atoms with van der Waals surface area (Å²) in [4.78, 5) is 12.2. The fourth-order valence-corrected chi connectivity index (χ4v) is 3.34. The van der Waals surface area contributed by atoms with Crippen molar-refractivity contribution in [1.82, 2.24) is 4.31 Å². The molecule has 0 amide bonds. The molecule has 2 aromatic rings. The number of carbonyl (C=O) groups is 1. The quantitative estimate of drug-likeness (QED) is 0.735. The Balaban J connectivity index is 2.00. The highest BCUT2D eigenvalue weighted by molar-refractivity contribution is 7.89. The zero-order valence-corrected chi connectivity index (χ0v) is 14.9. The molecule has 0 aromatic heterocycles. The normalized spacial score (nSPS) is 12.8. The molecule has 5 nitrogen and oxygen atoms in total. The second-order valence-electron chi connectivity index (χ2n) is 5.26. The van der Waals surface area contributed by atoms with Crippen LogP contribution in [0.3, 0.4) is 0 Å². The van der Waals surface area contributed by atoms with Gasteiger partial charge in [0.05, 0.1) is 4.90 Å². The molecule has 0 aliphatic heterocycles. The molecule has 2 rings (SSSR count). The van der Waals surface area contributed by atoms with E-state index in [1.165, 1.54) is 19.2 Å². The number of esters is 1. The van der Waals surface area contributed by atoms with Gasteiger partial charge in [0.25, 0.3) is 0 Å². The summed E-state index contributed by atoms with van der Waals surface area (Å²) in [7, 11) is -2.38. The number of nitrogens with zero attached hydrogens (tertiary/aromatic N) is 1. The summed E-state index contributed by atoms with van der Waals surface area (Å²) in [6.45, 7) is 1.35. The second-order valence-corrected chi connectivity index (χ2v) is 7.74. The van der Waals surface area contributed by atoms with Gasteiger partial charge in [0.1, 0.15) is 12.6 Å². The Bertz CT molecular complexity index is 791. The van der Waals surface area contributed by atoms with E-state index in [1.807, 2.05) is 0 Å². The lowest BCUT2D eigenvalue weighted by Gasteiger charge is -2.19. The molecule has 0 aliphatic carbocycles. The molecule has 24 heavy (non-hydrogen) atoms. The van der Waals surface area contributed by atoms with Gasteiger partial charge in [0.15, 0.2) is 0 Å². The van der Waals surface area contributed by atoms with Crippen molar-refractivity contribution in [2.45, 2.75) is 17.9 Å². The number of halogens is 1. The fraction of sp³-hybridized carbons (Fsp3) is 0.235. The van der Waals surface area contributed by atoms with Crippen LogP contribution in [-0.4, -0.2) is 32.3 Å². The van der Waals surface area contributed by atoms with Crippen LogP contribution in [0.15, 0.2) is 59.5 Å². The van der Waals surface area contributed by atoms with Gasteiger partial charge in [-0.3, -0.25) is 4.79 Å². The molecule has 1 atom stereocenters. The van der Waals surface area contributed by atoms with E-state index >= 15 is 0 Å². The molecule has 0 heterocycles. The number of likely N-dealkylation sites (N-methyl/N-ethyl adjacent to an activating group) is 1. The molecule has 7 heteroatoms. The van der Waals surface area contributed by atoms with Gasteiger partial charge in [-0.25, -0.2) is 8.42 Å². The van der Waals surface area contributed by atoms with Crippen molar-refractivity contribution in [3.05, 3.63) is 65.2 Å². The van der Waals surface area contributed by atoms with E-state index < -0.39 is 22.1 Å². The first-order valence-corrected chi connectivity index (χ1v) is 9.09. The maximum atomic E-state index is 12.4. The van der Waals surface area contributed by atoms with Gasteiger partial charge in [0.2, 0.25) is 10.0 Å². The molecule has 0 bridgehead atoms. The van der Waals surface area contributed by atoms with E-state index in [-0.39, 0.29) is 11.4 Å². The van der Waals surface area contributed by atoms with Crippen molar-refractivity contribution in [2.24, 2.45) is 0 Å². The van der Waals surface area contributed by atoms with Crippen LogP contribution in [0.25, 0.3) is 0 Å². The van der Waals surface area contributed by atoms with Gasteiger partial charge in [-0.1, -0.05) is 41.9 Å². The highest BCUT2D eigenvalue weighted by atomic mass is 35.5. The summed E-state index contributed by atoms with van der Waals surface area (Å²) in [5, 5.41) is 0.589. The predicted molar refractivity (Wildman–Crippen MR) is 92.2 cm³/mol. The minimum atomic E-state index is -3.73. The minimum Gasteiger partial charge on any atom is -0.457 e. The van der Waals surface area contributed by atoms with Gasteiger partial charge in [-0.15, -0.1) is 0 Å². The van der Waals surface area contributed by atoms with E-state index in [9.17, 15) is 13.2 Å². The third-order valence-electron chi connectivity index (χ3n) is 3.45. The van der Waals surface area contributed by atoms with Crippen LogP contribution in [0, 0.1) is 0 Å². The van der Waals surface area contributed by atoms with E-state index in [0.717, 1.165) is 9.87 Å². The first-order chi connectivity index (χ1) is 11.3. The maximum Gasteiger partial charge on any atom is 0.321 e. The standard InChI is InChI=1S/C17H18ClNO4S/c1-13(14-8-10-15(18)11-9-14)23-17(20)12-19(2)24(21,22)16-6-4-3-5-7-16/h3-11,13H,12H2,1-2H3. The first-order valence-electron chi connectivity index (χ1n) is 7.27. The Kier molecular flexibility index (Phi) is 5.99. The number of carbonyl (C=O) groups excluding carboxylic acids is 1. The smallest absolute Gasteiger partial charge is 0.321 e. The van der Waals surface area contributed by atoms with Gasteiger partial charge in [-0.05, 0) is 36.8 Å². The zero-order valence-electron chi connectivity index (χ0n) is 13.3. The fourth-order valence-electron chi connectivity index (χ4n) is 2.08. The summed E-state index contributed by atoms with van der Waals surface area (Å²) < 4.78 is 31.0. The van der Waals surface area contributed by atoms with Crippen molar-refractivity contribution < 1.29 is 17.9 Å². The highest BCUT2D eigenvalue weighted by Gasteiger charge is 2.24. The Labute approximate surface area is 146 Å². The number of rotatable bonds is 6. The van der Waals surface area contributed by atoms with Crippen LogP contribution in [0.4, 0.5) is 0 Å². The molecule has 0 aliphatic rings. The number of ether oxygens (including phenoxy) is 1. The van der Waals surface area contributed by atoms with Gasteiger partial charge >= 0.3 is 5.97 Å². The number of sulfonamides is 1. The summed E-state index contributed by atoms with van der Waals surface area (Å²) in [6.07, 6.45) is -0.498. The monoisotopic (exact) mass is 367 g/mol. The van der Waals surface area contributed by atoms with Crippen molar-refractivity contribution in [3.63, 3.8) is 0 Å².